The fourth-order valence-electron chi connectivity index (χ4n) is 2.73. The molecule has 1 aliphatic rings. The summed E-state index contributed by atoms with van der Waals surface area (Å²) < 4.78 is 11.2. The Bertz CT molecular complexity index is 593. The van der Waals surface area contributed by atoms with Crippen molar-refractivity contribution in [2.75, 3.05) is 13.2 Å². The van der Waals surface area contributed by atoms with Gasteiger partial charge in [0.05, 0.1) is 6.61 Å². The molecule has 1 aliphatic heterocycles. The van der Waals surface area contributed by atoms with Crippen LogP contribution in [0.25, 0.3) is 0 Å². The topological polar surface area (TPSA) is 64.5 Å². The van der Waals surface area contributed by atoms with Crippen molar-refractivity contribution in [2.24, 2.45) is 0 Å². The molecule has 2 heterocycles. The maximum atomic E-state index is 12.4. The minimum Gasteiger partial charge on any atom is -0.444 e. The Labute approximate surface area is 158 Å². The van der Waals surface area contributed by atoms with Crippen LogP contribution in [-0.2, 0) is 16.1 Å². The standard InChI is InChI=1S/C17H25Cl2N3O3/c1-17(2,3)25-16(23)22-8-5-4-6-13(22)7-9-24-11-12-10-20-15(19)21-14(12)18/h10,13H,4-9,11H2,1-3H3/t13-/m1/s1. The molecule has 8 heteroatoms. The SMILES string of the molecule is CC(C)(C)OC(=O)N1CCCC[C@@H]1CCOCc1cnc(Cl)nc1Cl. The van der Waals surface area contributed by atoms with Gasteiger partial charge in [-0.3, -0.25) is 0 Å². The van der Waals surface area contributed by atoms with Gasteiger partial charge in [-0.05, 0) is 58.1 Å². The highest BCUT2D eigenvalue weighted by Gasteiger charge is 2.30. The Balaban J connectivity index is 1.82. The van der Waals surface area contributed by atoms with Crippen LogP contribution in [0.2, 0.25) is 10.4 Å². The Hall–Kier alpha value is -1.11. The van der Waals surface area contributed by atoms with Crippen molar-refractivity contribution in [3.8, 4) is 0 Å². The average Bonchev–Trinajstić information content (AvgIpc) is 2.52. The lowest BCUT2D eigenvalue weighted by Crippen LogP contribution is -2.46. The largest absolute Gasteiger partial charge is 0.444 e. The molecule has 1 amide bonds. The van der Waals surface area contributed by atoms with E-state index in [1.165, 1.54) is 0 Å². The number of hydrogen-bond donors (Lipinski definition) is 0. The highest BCUT2D eigenvalue weighted by molar-refractivity contribution is 6.32. The first-order valence-electron chi connectivity index (χ1n) is 8.50. The van der Waals surface area contributed by atoms with Crippen molar-refractivity contribution < 1.29 is 14.3 Å². The van der Waals surface area contributed by atoms with Gasteiger partial charge in [0.1, 0.15) is 10.8 Å². The molecule has 140 valence electrons. The smallest absolute Gasteiger partial charge is 0.410 e. The van der Waals surface area contributed by atoms with Gasteiger partial charge in [-0.2, -0.15) is 0 Å². The quantitative estimate of drug-likeness (QED) is 0.421. The Morgan fingerprint density at radius 1 is 1.36 bits per heavy atom. The van der Waals surface area contributed by atoms with Gasteiger partial charge in [-0.1, -0.05) is 11.6 Å². The predicted octanol–water partition coefficient (Wildman–Crippen LogP) is 4.48. The number of likely N-dealkylation sites (tertiary alicyclic amines) is 1. The lowest BCUT2D eigenvalue weighted by molar-refractivity contribution is 0.00378. The molecular formula is C17H25Cl2N3O3. The Morgan fingerprint density at radius 2 is 2.12 bits per heavy atom. The Morgan fingerprint density at radius 3 is 2.80 bits per heavy atom. The van der Waals surface area contributed by atoms with Crippen LogP contribution in [0.15, 0.2) is 6.20 Å². The maximum Gasteiger partial charge on any atom is 0.410 e. The number of nitrogens with zero attached hydrogens (tertiary/aromatic N) is 3. The zero-order valence-electron chi connectivity index (χ0n) is 14.9. The van der Waals surface area contributed by atoms with E-state index in [0.29, 0.717) is 23.9 Å². The fourth-order valence-corrected chi connectivity index (χ4v) is 3.09. The van der Waals surface area contributed by atoms with Crippen molar-refractivity contribution in [2.45, 2.75) is 64.7 Å². The van der Waals surface area contributed by atoms with Gasteiger partial charge in [0.25, 0.3) is 0 Å². The van der Waals surface area contributed by atoms with Gasteiger partial charge in [0.15, 0.2) is 0 Å². The zero-order valence-corrected chi connectivity index (χ0v) is 16.4. The third-order valence-corrected chi connectivity index (χ3v) is 4.40. The second-order valence-electron chi connectivity index (χ2n) is 7.12. The van der Waals surface area contributed by atoms with Crippen molar-refractivity contribution in [3.05, 3.63) is 22.2 Å². The molecule has 0 saturated carbocycles. The first-order chi connectivity index (χ1) is 11.8. The van der Waals surface area contributed by atoms with Crippen LogP contribution in [0.4, 0.5) is 4.79 Å². The second kappa shape index (κ2) is 9.01. The molecule has 0 unspecified atom stereocenters. The number of carbonyl (C=O) groups excluding carboxylic acids is 1. The molecular weight excluding hydrogens is 365 g/mol. The molecule has 2 rings (SSSR count). The number of halogens is 2. The molecule has 6 nitrogen and oxygen atoms in total. The van der Waals surface area contributed by atoms with Gasteiger partial charge >= 0.3 is 6.09 Å². The molecule has 0 bridgehead atoms. The van der Waals surface area contributed by atoms with Crippen molar-refractivity contribution >= 4 is 29.3 Å². The van der Waals surface area contributed by atoms with E-state index in [9.17, 15) is 4.79 Å². The van der Waals surface area contributed by atoms with E-state index in [-0.39, 0.29) is 17.4 Å². The molecule has 1 aromatic heterocycles. The summed E-state index contributed by atoms with van der Waals surface area (Å²) in [6.07, 6.45) is 5.16. The first-order valence-corrected chi connectivity index (χ1v) is 9.26. The summed E-state index contributed by atoms with van der Waals surface area (Å²) in [6.45, 7) is 7.20. The number of aromatic nitrogens is 2. The number of piperidine rings is 1. The molecule has 1 fully saturated rings. The van der Waals surface area contributed by atoms with Crippen LogP contribution < -0.4 is 0 Å². The average molecular weight is 390 g/mol. The van der Waals surface area contributed by atoms with Crippen LogP contribution >= 0.6 is 23.2 Å². The molecule has 1 saturated heterocycles. The second-order valence-corrected chi connectivity index (χ2v) is 7.82. The number of ether oxygens (including phenoxy) is 2. The van der Waals surface area contributed by atoms with Gasteiger partial charge in [-0.25, -0.2) is 14.8 Å². The number of amides is 1. The molecule has 0 aliphatic carbocycles. The minimum absolute atomic E-state index is 0.115. The molecule has 25 heavy (non-hydrogen) atoms. The normalized spacial score (nSPS) is 18.3. The molecule has 0 radical (unpaired) electrons. The summed E-state index contributed by atoms with van der Waals surface area (Å²) >= 11 is 11.7. The van der Waals surface area contributed by atoms with E-state index < -0.39 is 5.60 Å². The minimum atomic E-state index is -0.485. The van der Waals surface area contributed by atoms with Gasteiger partial charge < -0.3 is 14.4 Å². The van der Waals surface area contributed by atoms with E-state index >= 15 is 0 Å². The van der Waals surface area contributed by atoms with Crippen LogP contribution in [-0.4, -0.2) is 45.8 Å². The molecule has 0 N–H and O–H groups in total. The molecule has 1 aromatic rings. The zero-order chi connectivity index (χ0) is 18.4. The summed E-state index contributed by atoms with van der Waals surface area (Å²) in [5.74, 6) is 0. The van der Waals surface area contributed by atoms with Crippen molar-refractivity contribution in [1.29, 1.82) is 0 Å². The third kappa shape index (κ3) is 6.60. The predicted molar refractivity (Wildman–Crippen MR) is 96.9 cm³/mol. The first kappa shape index (κ1) is 20.2. The summed E-state index contributed by atoms with van der Waals surface area (Å²) in [7, 11) is 0. The summed E-state index contributed by atoms with van der Waals surface area (Å²) in [4.78, 5) is 22.0. The van der Waals surface area contributed by atoms with Crippen LogP contribution in [0.5, 0.6) is 0 Å². The van der Waals surface area contributed by atoms with E-state index in [2.05, 4.69) is 9.97 Å². The van der Waals surface area contributed by atoms with Crippen molar-refractivity contribution in [1.82, 2.24) is 14.9 Å². The maximum absolute atomic E-state index is 12.4. The van der Waals surface area contributed by atoms with Crippen LogP contribution in [0.1, 0.15) is 52.0 Å². The number of rotatable bonds is 5. The lowest BCUT2D eigenvalue weighted by atomic mass is 10.0. The van der Waals surface area contributed by atoms with E-state index in [0.717, 1.165) is 32.2 Å². The van der Waals surface area contributed by atoms with E-state index in [1.807, 2.05) is 25.7 Å². The third-order valence-electron chi connectivity index (χ3n) is 3.89. The van der Waals surface area contributed by atoms with E-state index in [4.69, 9.17) is 32.7 Å². The van der Waals surface area contributed by atoms with Crippen LogP contribution in [0, 0.1) is 0 Å². The highest BCUT2D eigenvalue weighted by atomic mass is 35.5. The number of carbonyl (C=O) groups is 1. The van der Waals surface area contributed by atoms with Gasteiger partial charge in [-0.15, -0.1) is 0 Å². The lowest BCUT2D eigenvalue weighted by Gasteiger charge is -2.36. The Kier molecular flexibility index (Phi) is 7.28. The number of hydrogen-bond acceptors (Lipinski definition) is 5. The van der Waals surface area contributed by atoms with E-state index in [1.54, 1.807) is 6.20 Å². The van der Waals surface area contributed by atoms with Crippen molar-refractivity contribution in [3.63, 3.8) is 0 Å². The summed E-state index contributed by atoms with van der Waals surface area (Å²) in [5.41, 5.74) is 0.208. The van der Waals surface area contributed by atoms with Crippen LogP contribution in [0.3, 0.4) is 0 Å². The monoisotopic (exact) mass is 389 g/mol. The highest BCUT2D eigenvalue weighted by Crippen LogP contribution is 2.23. The fraction of sp³-hybridized carbons (Fsp3) is 0.706. The summed E-state index contributed by atoms with van der Waals surface area (Å²) in [5, 5.41) is 0.414. The van der Waals surface area contributed by atoms with Gasteiger partial charge in [0, 0.05) is 31.0 Å². The summed E-state index contributed by atoms with van der Waals surface area (Å²) in [6, 6.07) is 0.139. The molecule has 1 atom stereocenters. The molecule has 0 aromatic carbocycles. The van der Waals surface area contributed by atoms with Gasteiger partial charge in [0.2, 0.25) is 5.28 Å². The molecule has 0 spiro atoms.